The smallest absolute Gasteiger partial charge is 0.307 e. The fourth-order valence-electron chi connectivity index (χ4n) is 1.40. The average molecular weight is 257 g/mol. The van der Waals surface area contributed by atoms with Crippen LogP contribution < -0.4 is 4.87 Å². The van der Waals surface area contributed by atoms with Crippen LogP contribution in [0.4, 0.5) is 0 Å². The van der Waals surface area contributed by atoms with Crippen molar-refractivity contribution >= 4 is 17.2 Å². The third-order valence-electron chi connectivity index (χ3n) is 2.59. The zero-order valence-corrected chi connectivity index (χ0v) is 11.6. The molecule has 1 aromatic rings. The van der Waals surface area contributed by atoms with Crippen LogP contribution in [0.25, 0.3) is 0 Å². The summed E-state index contributed by atoms with van der Waals surface area (Å²) in [7, 11) is 5.36. The lowest BCUT2D eigenvalue weighted by molar-refractivity contribution is -0.129. The number of carbonyl (C=O) groups excluding carboxylic acids is 1. The van der Waals surface area contributed by atoms with Crippen LogP contribution in [0.15, 0.2) is 10.2 Å². The molecule has 0 unspecified atom stereocenters. The lowest BCUT2D eigenvalue weighted by Gasteiger charge is -2.19. The first-order valence-electron chi connectivity index (χ1n) is 5.45. The SMILES string of the molecule is Cc1csc(=O)n1CCN(C)CC(=O)N(C)C. The molecule has 6 heteroatoms. The molecular formula is C11H19N3O2S. The Bertz CT molecular complexity index is 436. The molecule has 96 valence electrons. The zero-order valence-electron chi connectivity index (χ0n) is 10.8. The molecule has 0 spiro atoms. The molecule has 0 aliphatic heterocycles. The summed E-state index contributed by atoms with van der Waals surface area (Å²) in [5, 5.41) is 1.85. The van der Waals surface area contributed by atoms with Crippen molar-refractivity contribution in [2.24, 2.45) is 0 Å². The van der Waals surface area contributed by atoms with E-state index in [9.17, 15) is 9.59 Å². The van der Waals surface area contributed by atoms with Gasteiger partial charge in [-0.15, -0.1) is 0 Å². The Morgan fingerprint density at radius 2 is 2.06 bits per heavy atom. The first-order chi connectivity index (χ1) is 7.91. The first kappa shape index (κ1) is 13.9. The van der Waals surface area contributed by atoms with Crippen LogP contribution in [0.2, 0.25) is 0 Å². The molecule has 0 bridgehead atoms. The number of rotatable bonds is 5. The van der Waals surface area contributed by atoms with Crippen molar-refractivity contribution in [2.75, 3.05) is 34.2 Å². The first-order valence-corrected chi connectivity index (χ1v) is 6.33. The second-order valence-corrected chi connectivity index (χ2v) is 5.14. The predicted molar refractivity (Wildman–Crippen MR) is 69.5 cm³/mol. The zero-order chi connectivity index (χ0) is 13.0. The van der Waals surface area contributed by atoms with Gasteiger partial charge in [0.2, 0.25) is 5.91 Å². The second kappa shape index (κ2) is 5.97. The maximum Gasteiger partial charge on any atom is 0.307 e. The van der Waals surface area contributed by atoms with Crippen LogP contribution in [-0.4, -0.2) is 54.5 Å². The second-order valence-electron chi connectivity index (χ2n) is 4.32. The summed E-state index contributed by atoms with van der Waals surface area (Å²) in [6.07, 6.45) is 0. The normalized spacial score (nSPS) is 10.9. The van der Waals surface area contributed by atoms with Gasteiger partial charge in [-0.25, -0.2) is 0 Å². The summed E-state index contributed by atoms with van der Waals surface area (Å²) in [4.78, 5) is 26.5. The topological polar surface area (TPSA) is 45.6 Å². The van der Waals surface area contributed by atoms with E-state index in [1.807, 2.05) is 24.3 Å². The molecule has 1 aromatic heterocycles. The van der Waals surface area contributed by atoms with Crippen LogP contribution in [0.3, 0.4) is 0 Å². The molecule has 17 heavy (non-hydrogen) atoms. The number of likely N-dealkylation sites (N-methyl/N-ethyl adjacent to an activating group) is 2. The van der Waals surface area contributed by atoms with Gasteiger partial charge >= 0.3 is 4.87 Å². The molecule has 1 amide bonds. The molecule has 0 N–H and O–H groups in total. The number of aromatic nitrogens is 1. The van der Waals surface area contributed by atoms with Crippen molar-refractivity contribution in [3.05, 3.63) is 20.7 Å². The average Bonchev–Trinajstić information content (AvgIpc) is 2.56. The van der Waals surface area contributed by atoms with E-state index in [0.717, 1.165) is 5.69 Å². The Labute approximate surface area is 105 Å². The molecule has 0 fully saturated rings. The van der Waals surface area contributed by atoms with E-state index in [2.05, 4.69) is 0 Å². The van der Waals surface area contributed by atoms with E-state index in [1.54, 1.807) is 23.6 Å². The van der Waals surface area contributed by atoms with Gasteiger partial charge in [-0.05, 0) is 14.0 Å². The summed E-state index contributed by atoms with van der Waals surface area (Å²) in [5.41, 5.74) is 0.979. The van der Waals surface area contributed by atoms with Gasteiger partial charge in [0.15, 0.2) is 0 Å². The highest BCUT2D eigenvalue weighted by molar-refractivity contribution is 7.07. The van der Waals surface area contributed by atoms with E-state index < -0.39 is 0 Å². The molecule has 1 heterocycles. The number of amides is 1. The minimum atomic E-state index is 0.0647. The van der Waals surface area contributed by atoms with Crippen LogP contribution in [0, 0.1) is 6.92 Å². The van der Waals surface area contributed by atoms with Gasteiger partial charge in [0.25, 0.3) is 0 Å². The van der Waals surface area contributed by atoms with Gasteiger partial charge in [-0.1, -0.05) is 11.3 Å². The molecule has 0 aliphatic rings. The molecule has 0 radical (unpaired) electrons. The number of thiazole rings is 1. The van der Waals surface area contributed by atoms with Gasteiger partial charge in [-0.3, -0.25) is 14.5 Å². The fourth-order valence-corrected chi connectivity index (χ4v) is 2.16. The van der Waals surface area contributed by atoms with E-state index >= 15 is 0 Å². The quantitative estimate of drug-likeness (QED) is 0.759. The predicted octanol–water partition coefficient (Wildman–Crippen LogP) is 0.238. The van der Waals surface area contributed by atoms with E-state index in [1.165, 1.54) is 11.3 Å². The Kier molecular flexibility index (Phi) is 4.89. The summed E-state index contributed by atoms with van der Waals surface area (Å²) >= 11 is 1.22. The third-order valence-corrected chi connectivity index (χ3v) is 3.47. The van der Waals surface area contributed by atoms with Crippen molar-refractivity contribution in [1.82, 2.24) is 14.4 Å². The van der Waals surface area contributed by atoms with Gasteiger partial charge < -0.3 is 9.47 Å². The molecule has 0 saturated heterocycles. The monoisotopic (exact) mass is 257 g/mol. The Hall–Kier alpha value is -1.14. The van der Waals surface area contributed by atoms with Crippen molar-refractivity contribution < 1.29 is 4.79 Å². The summed E-state index contributed by atoms with van der Waals surface area (Å²) in [6, 6.07) is 0. The number of hydrogen-bond acceptors (Lipinski definition) is 4. The van der Waals surface area contributed by atoms with Crippen LogP contribution in [-0.2, 0) is 11.3 Å². The van der Waals surface area contributed by atoms with Crippen LogP contribution >= 0.6 is 11.3 Å². The van der Waals surface area contributed by atoms with E-state index in [-0.39, 0.29) is 10.8 Å². The molecule has 0 aliphatic carbocycles. The largest absolute Gasteiger partial charge is 0.348 e. The van der Waals surface area contributed by atoms with Crippen molar-refractivity contribution in [3.63, 3.8) is 0 Å². The minimum Gasteiger partial charge on any atom is -0.348 e. The third kappa shape index (κ3) is 3.98. The Morgan fingerprint density at radius 1 is 1.41 bits per heavy atom. The van der Waals surface area contributed by atoms with Crippen molar-refractivity contribution in [3.8, 4) is 0 Å². The van der Waals surface area contributed by atoms with Gasteiger partial charge in [0, 0.05) is 38.3 Å². The summed E-state index contributed by atoms with van der Waals surface area (Å²) in [5.74, 6) is 0.0712. The summed E-state index contributed by atoms with van der Waals surface area (Å²) < 4.78 is 1.74. The van der Waals surface area contributed by atoms with Crippen LogP contribution in [0.1, 0.15) is 5.69 Å². The van der Waals surface area contributed by atoms with Gasteiger partial charge in [-0.2, -0.15) is 0 Å². The van der Waals surface area contributed by atoms with E-state index in [0.29, 0.717) is 19.6 Å². The fraction of sp³-hybridized carbons (Fsp3) is 0.636. The number of aryl methyl sites for hydroxylation is 1. The van der Waals surface area contributed by atoms with E-state index in [4.69, 9.17) is 0 Å². The molecule has 0 saturated carbocycles. The number of hydrogen-bond donors (Lipinski definition) is 0. The van der Waals surface area contributed by atoms with Crippen molar-refractivity contribution in [1.29, 1.82) is 0 Å². The highest BCUT2D eigenvalue weighted by atomic mass is 32.1. The Balaban J connectivity index is 2.46. The molecule has 0 aromatic carbocycles. The minimum absolute atomic E-state index is 0.0647. The molecular weight excluding hydrogens is 238 g/mol. The number of nitrogens with zero attached hydrogens (tertiary/aromatic N) is 3. The summed E-state index contributed by atoms with van der Waals surface area (Å²) in [6.45, 7) is 3.62. The maximum absolute atomic E-state index is 11.5. The highest BCUT2D eigenvalue weighted by Gasteiger charge is 2.09. The number of carbonyl (C=O) groups is 1. The standard InChI is InChI=1S/C11H19N3O2S/c1-9-8-17-11(16)14(9)6-5-13(4)7-10(15)12(2)3/h8H,5-7H2,1-4H3. The Morgan fingerprint density at radius 3 is 2.53 bits per heavy atom. The molecule has 1 rings (SSSR count). The van der Waals surface area contributed by atoms with Crippen molar-refractivity contribution in [2.45, 2.75) is 13.5 Å². The van der Waals surface area contributed by atoms with Gasteiger partial charge in [0.05, 0.1) is 6.54 Å². The highest BCUT2D eigenvalue weighted by Crippen LogP contribution is 1.99. The van der Waals surface area contributed by atoms with Crippen LogP contribution in [0.5, 0.6) is 0 Å². The maximum atomic E-state index is 11.5. The lowest BCUT2D eigenvalue weighted by Crippen LogP contribution is -2.36. The lowest BCUT2D eigenvalue weighted by atomic mass is 10.4. The molecule has 0 atom stereocenters. The van der Waals surface area contributed by atoms with Gasteiger partial charge in [0.1, 0.15) is 0 Å². The molecule has 5 nitrogen and oxygen atoms in total.